The van der Waals surface area contributed by atoms with Gasteiger partial charge in [0, 0.05) is 25.7 Å². The fourth-order valence-electron chi connectivity index (χ4n) is 3.19. The van der Waals surface area contributed by atoms with Gasteiger partial charge in [0.2, 0.25) is 0 Å². The zero-order valence-corrected chi connectivity index (χ0v) is 14.3. The zero-order valence-electron chi connectivity index (χ0n) is 14.3. The van der Waals surface area contributed by atoms with Crippen LogP contribution in [0.1, 0.15) is 25.8 Å². The van der Waals surface area contributed by atoms with Gasteiger partial charge in [-0.2, -0.15) is 0 Å². The van der Waals surface area contributed by atoms with Crippen molar-refractivity contribution in [3.8, 4) is 5.75 Å². The third-order valence-electron chi connectivity index (χ3n) is 4.40. The van der Waals surface area contributed by atoms with E-state index in [-0.39, 0.29) is 12.7 Å². The van der Waals surface area contributed by atoms with Crippen LogP contribution in [0.4, 0.5) is 0 Å². The maximum absolute atomic E-state index is 9.53. The molecule has 124 valence electrons. The highest BCUT2D eigenvalue weighted by Crippen LogP contribution is 2.23. The Morgan fingerprint density at radius 2 is 1.95 bits per heavy atom. The van der Waals surface area contributed by atoms with Gasteiger partial charge in [0.15, 0.2) is 0 Å². The van der Waals surface area contributed by atoms with Crippen LogP contribution in [0, 0.1) is 5.92 Å². The van der Waals surface area contributed by atoms with Gasteiger partial charge in [-0.3, -0.25) is 4.90 Å². The van der Waals surface area contributed by atoms with Crippen molar-refractivity contribution in [3.05, 3.63) is 29.8 Å². The summed E-state index contributed by atoms with van der Waals surface area (Å²) in [5.41, 5.74) is 1.32. The molecule has 1 saturated heterocycles. The number of rotatable bonds is 6. The SMILES string of the molecule is CC(C)Oc1ccc(CN2CC[C@H](CO)[C@H](N(C)C)C2)cc1. The molecule has 0 spiro atoms. The van der Waals surface area contributed by atoms with Crippen molar-refractivity contribution >= 4 is 0 Å². The molecular formula is C18H30N2O2. The van der Waals surface area contributed by atoms with Gasteiger partial charge in [0.1, 0.15) is 5.75 Å². The highest BCUT2D eigenvalue weighted by atomic mass is 16.5. The van der Waals surface area contributed by atoms with Crippen molar-refractivity contribution < 1.29 is 9.84 Å². The van der Waals surface area contributed by atoms with E-state index in [1.165, 1.54) is 5.56 Å². The van der Waals surface area contributed by atoms with Crippen molar-refractivity contribution in [2.24, 2.45) is 5.92 Å². The number of aliphatic hydroxyl groups is 1. The predicted octanol–water partition coefficient (Wildman–Crippen LogP) is 2.22. The first-order valence-electron chi connectivity index (χ1n) is 8.25. The Morgan fingerprint density at radius 3 is 2.50 bits per heavy atom. The van der Waals surface area contributed by atoms with Crippen molar-refractivity contribution in [3.63, 3.8) is 0 Å². The third kappa shape index (κ3) is 4.70. The van der Waals surface area contributed by atoms with Crippen LogP contribution in [0.5, 0.6) is 5.75 Å². The summed E-state index contributed by atoms with van der Waals surface area (Å²) < 4.78 is 5.69. The molecule has 0 amide bonds. The quantitative estimate of drug-likeness (QED) is 0.874. The molecule has 2 atom stereocenters. The highest BCUT2D eigenvalue weighted by molar-refractivity contribution is 5.27. The molecule has 0 aliphatic carbocycles. The molecule has 1 aromatic rings. The van der Waals surface area contributed by atoms with Gasteiger partial charge in [-0.25, -0.2) is 0 Å². The van der Waals surface area contributed by atoms with Crippen molar-refractivity contribution in [2.75, 3.05) is 33.8 Å². The molecule has 2 rings (SSSR count). The number of piperidine rings is 1. The van der Waals surface area contributed by atoms with Gasteiger partial charge in [0.05, 0.1) is 6.10 Å². The molecule has 22 heavy (non-hydrogen) atoms. The van der Waals surface area contributed by atoms with Gasteiger partial charge in [-0.15, -0.1) is 0 Å². The van der Waals surface area contributed by atoms with Crippen LogP contribution in [0.2, 0.25) is 0 Å². The summed E-state index contributed by atoms with van der Waals surface area (Å²) in [5.74, 6) is 1.33. The topological polar surface area (TPSA) is 35.9 Å². The first kappa shape index (κ1) is 17.3. The number of likely N-dealkylation sites (N-methyl/N-ethyl adjacent to an activating group) is 1. The molecule has 1 aliphatic rings. The Bertz CT molecular complexity index is 445. The van der Waals surface area contributed by atoms with E-state index in [0.29, 0.717) is 12.0 Å². The first-order chi connectivity index (χ1) is 10.5. The molecule has 0 radical (unpaired) electrons. The normalized spacial score (nSPS) is 23.2. The predicted molar refractivity (Wildman–Crippen MR) is 90.2 cm³/mol. The largest absolute Gasteiger partial charge is 0.491 e. The van der Waals surface area contributed by atoms with Gasteiger partial charge in [0.25, 0.3) is 0 Å². The van der Waals surface area contributed by atoms with Crippen LogP contribution in [0.25, 0.3) is 0 Å². The average molecular weight is 306 g/mol. The molecule has 4 heteroatoms. The van der Waals surface area contributed by atoms with E-state index >= 15 is 0 Å². The third-order valence-corrected chi connectivity index (χ3v) is 4.40. The molecular weight excluding hydrogens is 276 g/mol. The number of aliphatic hydroxyl groups excluding tert-OH is 1. The molecule has 1 aliphatic heterocycles. The van der Waals surface area contributed by atoms with E-state index in [4.69, 9.17) is 4.74 Å². The summed E-state index contributed by atoms with van der Waals surface area (Å²) in [6.45, 7) is 7.41. The van der Waals surface area contributed by atoms with E-state index in [1.54, 1.807) is 0 Å². The highest BCUT2D eigenvalue weighted by Gasteiger charge is 2.29. The monoisotopic (exact) mass is 306 g/mol. The molecule has 0 bridgehead atoms. The van der Waals surface area contributed by atoms with Crippen LogP contribution in [0.3, 0.4) is 0 Å². The number of benzene rings is 1. The summed E-state index contributed by atoms with van der Waals surface area (Å²) in [4.78, 5) is 4.72. The maximum Gasteiger partial charge on any atom is 0.119 e. The number of hydrogen-bond donors (Lipinski definition) is 1. The second-order valence-electron chi connectivity index (χ2n) is 6.81. The standard InChI is InChI=1S/C18H30N2O2/c1-14(2)22-17-7-5-15(6-8-17)11-20-10-9-16(13-21)18(12-20)19(3)4/h5-8,14,16,18,21H,9-13H2,1-4H3/t16-,18-/m1/s1. The Labute approximate surface area is 134 Å². The van der Waals surface area contributed by atoms with E-state index in [9.17, 15) is 5.11 Å². The van der Waals surface area contributed by atoms with Crippen LogP contribution < -0.4 is 4.74 Å². The van der Waals surface area contributed by atoms with Gasteiger partial charge in [-0.1, -0.05) is 12.1 Å². The van der Waals surface area contributed by atoms with Crippen molar-refractivity contribution in [1.29, 1.82) is 0 Å². The minimum atomic E-state index is 0.212. The lowest BCUT2D eigenvalue weighted by molar-refractivity contribution is 0.0461. The maximum atomic E-state index is 9.53. The number of likely N-dealkylation sites (tertiary alicyclic amines) is 1. The molecule has 0 aromatic heterocycles. The van der Waals surface area contributed by atoms with Crippen molar-refractivity contribution in [2.45, 2.75) is 39.0 Å². The second-order valence-corrected chi connectivity index (χ2v) is 6.81. The van der Waals surface area contributed by atoms with Crippen LogP contribution >= 0.6 is 0 Å². The van der Waals surface area contributed by atoms with Gasteiger partial charge < -0.3 is 14.7 Å². The fraction of sp³-hybridized carbons (Fsp3) is 0.667. The van der Waals surface area contributed by atoms with E-state index in [0.717, 1.165) is 31.8 Å². The van der Waals surface area contributed by atoms with Crippen LogP contribution in [-0.4, -0.2) is 60.8 Å². The lowest BCUT2D eigenvalue weighted by atomic mass is 9.91. The molecule has 1 N–H and O–H groups in total. The van der Waals surface area contributed by atoms with Gasteiger partial charge in [-0.05, 0) is 64.5 Å². The Morgan fingerprint density at radius 1 is 1.27 bits per heavy atom. The molecule has 1 fully saturated rings. The minimum Gasteiger partial charge on any atom is -0.491 e. The fourth-order valence-corrected chi connectivity index (χ4v) is 3.19. The van der Waals surface area contributed by atoms with Crippen LogP contribution in [0.15, 0.2) is 24.3 Å². The smallest absolute Gasteiger partial charge is 0.119 e. The first-order valence-corrected chi connectivity index (χ1v) is 8.25. The minimum absolute atomic E-state index is 0.212. The molecule has 1 aromatic carbocycles. The second kappa shape index (κ2) is 7.95. The molecule has 0 saturated carbocycles. The Balaban J connectivity index is 1.93. The Hall–Kier alpha value is -1.10. The number of hydrogen-bond acceptors (Lipinski definition) is 4. The van der Waals surface area contributed by atoms with Gasteiger partial charge >= 0.3 is 0 Å². The average Bonchev–Trinajstić information content (AvgIpc) is 2.48. The summed E-state index contributed by atoms with van der Waals surface area (Å²) in [6.07, 6.45) is 1.28. The Kier molecular flexibility index (Phi) is 6.24. The van der Waals surface area contributed by atoms with Crippen molar-refractivity contribution in [1.82, 2.24) is 9.80 Å². The zero-order chi connectivity index (χ0) is 16.1. The summed E-state index contributed by atoms with van der Waals surface area (Å²) in [6, 6.07) is 8.85. The number of nitrogens with zero attached hydrogens (tertiary/aromatic N) is 2. The number of ether oxygens (including phenoxy) is 1. The summed E-state index contributed by atoms with van der Waals surface area (Å²) in [5, 5.41) is 9.53. The van der Waals surface area contributed by atoms with Crippen LogP contribution in [-0.2, 0) is 6.54 Å². The molecule has 1 heterocycles. The summed E-state index contributed by atoms with van der Waals surface area (Å²) in [7, 11) is 4.21. The molecule has 4 nitrogen and oxygen atoms in total. The van der Waals surface area contributed by atoms with E-state index < -0.39 is 0 Å². The summed E-state index contributed by atoms with van der Waals surface area (Å²) >= 11 is 0. The lowest BCUT2D eigenvalue weighted by Gasteiger charge is -2.41. The lowest BCUT2D eigenvalue weighted by Crippen LogP contribution is -2.51. The van der Waals surface area contributed by atoms with E-state index in [2.05, 4.69) is 48.2 Å². The van der Waals surface area contributed by atoms with E-state index in [1.807, 2.05) is 13.8 Å². The molecule has 0 unspecified atom stereocenters.